The fourth-order valence-corrected chi connectivity index (χ4v) is 3.61. The van der Waals surface area contributed by atoms with Crippen molar-refractivity contribution in [2.24, 2.45) is 0 Å². The average Bonchev–Trinajstić information content (AvgIpc) is 3.17. The summed E-state index contributed by atoms with van der Waals surface area (Å²) in [5.41, 5.74) is 0.717. The molecule has 0 spiro atoms. The first kappa shape index (κ1) is 22.7. The largest absolute Gasteiger partial charge is 0.497 e. The molecule has 0 bridgehead atoms. The van der Waals surface area contributed by atoms with E-state index in [9.17, 15) is 14.4 Å². The quantitative estimate of drug-likeness (QED) is 0.415. The number of Topliss-reactive ketones (excluding diaryl/α,β-unsaturated/α-hetero) is 1. The van der Waals surface area contributed by atoms with Crippen LogP contribution >= 0.6 is 22.9 Å². The molecule has 0 radical (unpaired) electrons. The summed E-state index contributed by atoms with van der Waals surface area (Å²) in [6, 6.07) is 8.48. The van der Waals surface area contributed by atoms with Crippen molar-refractivity contribution in [3.63, 3.8) is 0 Å². The van der Waals surface area contributed by atoms with Gasteiger partial charge in [0.1, 0.15) is 18.0 Å². The third-order valence-corrected chi connectivity index (χ3v) is 5.37. The van der Waals surface area contributed by atoms with Gasteiger partial charge in [-0.1, -0.05) is 11.6 Å². The zero-order chi connectivity index (χ0) is 21.4. The normalized spacial score (nSPS) is 10.3. The Labute approximate surface area is 178 Å². The SMILES string of the molecule is COC(=O)CN(Cc1cc(OC)cc(OC)c1)C(=O)CCC(=O)c1ccc(Cl)s1. The maximum atomic E-state index is 12.7. The molecule has 0 saturated carbocycles. The van der Waals surface area contributed by atoms with Gasteiger partial charge in [0.2, 0.25) is 5.91 Å². The van der Waals surface area contributed by atoms with Gasteiger partial charge in [-0.05, 0) is 29.8 Å². The van der Waals surface area contributed by atoms with Crippen LogP contribution < -0.4 is 9.47 Å². The number of ether oxygens (including phenoxy) is 3. The number of rotatable bonds is 10. The molecule has 29 heavy (non-hydrogen) atoms. The van der Waals surface area contributed by atoms with Crippen LogP contribution in [0.2, 0.25) is 4.34 Å². The van der Waals surface area contributed by atoms with E-state index in [0.29, 0.717) is 20.7 Å². The van der Waals surface area contributed by atoms with Gasteiger partial charge in [0.25, 0.3) is 0 Å². The highest BCUT2D eigenvalue weighted by molar-refractivity contribution is 7.18. The first-order chi connectivity index (χ1) is 13.9. The van der Waals surface area contributed by atoms with Gasteiger partial charge < -0.3 is 19.1 Å². The lowest BCUT2D eigenvalue weighted by molar-refractivity contribution is -0.147. The molecule has 1 aromatic carbocycles. The highest BCUT2D eigenvalue weighted by atomic mass is 35.5. The standard InChI is InChI=1S/C20H22ClNO6S/c1-26-14-8-13(9-15(10-14)27-2)11-22(12-20(25)28-3)19(24)7-4-16(23)17-5-6-18(21)29-17/h5-6,8-10H,4,7,11-12H2,1-3H3. The van der Waals surface area contributed by atoms with Crippen LogP contribution in [0.5, 0.6) is 11.5 Å². The minimum atomic E-state index is -0.551. The van der Waals surface area contributed by atoms with Gasteiger partial charge >= 0.3 is 5.97 Å². The van der Waals surface area contributed by atoms with Gasteiger partial charge in [-0.25, -0.2) is 0 Å². The second-order valence-corrected chi connectivity index (χ2v) is 7.79. The minimum Gasteiger partial charge on any atom is -0.497 e. The number of carbonyl (C=O) groups is 3. The van der Waals surface area contributed by atoms with Crippen molar-refractivity contribution in [3.05, 3.63) is 45.1 Å². The predicted octanol–water partition coefficient (Wildman–Crippen LogP) is 3.58. The predicted molar refractivity (Wildman–Crippen MR) is 110 cm³/mol. The number of hydrogen-bond donors (Lipinski definition) is 0. The van der Waals surface area contributed by atoms with Gasteiger partial charge in [0, 0.05) is 25.5 Å². The molecule has 0 aliphatic carbocycles. The second kappa shape index (κ2) is 10.8. The molecule has 0 atom stereocenters. The highest BCUT2D eigenvalue weighted by Gasteiger charge is 2.20. The number of methoxy groups -OCH3 is 3. The van der Waals surface area contributed by atoms with Crippen molar-refractivity contribution in [1.82, 2.24) is 4.90 Å². The summed E-state index contributed by atoms with van der Waals surface area (Å²) in [5, 5.41) is 0. The zero-order valence-electron chi connectivity index (χ0n) is 16.4. The van der Waals surface area contributed by atoms with E-state index in [1.807, 2.05) is 0 Å². The Hall–Kier alpha value is -2.58. The van der Waals surface area contributed by atoms with Crippen molar-refractivity contribution >= 4 is 40.6 Å². The molecular weight excluding hydrogens is 418 g/mol. The highest BCUT2D eigenvalue weighted by Crippen LogP contribution is 2.25. The van der Waals surface area contributed by atoms with Gasteiger partial charge in [0.15, 0.2) is 5.78 Å². The van der Waals surface area contributed by atoms with Crippen LogP contribution in [0.25, 0.3) is 0 Å². The Balaban J connectivity index is 2.11. The van der Waals surface area contributed by atoms with E-state index in [1.54, 1.807) is 30.3 Å². The zero-order valence-corrected chi connectivity index (χ0v) is 18.0. The fourth-order valence-electron chi connectivity index (χ4n) is 2.60. The second-order valence-electron chi connectivity index (χ2n) is 6.07. The number of thiophene rings is 1. The Morgan fingerprint density at radius 1 is 1.00 bits per heavy atom. The van der Waals surface area contributed by atoms with Crippen LogP contribution in [0, 0.1) is 0 Å². The molecular formula is C20H22ClNO6S. The van der Waals surface area contributed by atoms with E-state index in [-0.39, 0.29) is 37.6 Å². The molecule has 156 valence electrons. The molecule has 1 aromatic heterocycles. The number of nitrogens with zero attached hydrogens (tertiary/aromatic N) is 1. The van der Waals surface area contributed by atoms with Gasteiger partial charge in [0.05, 0.1) is 30.5 Å². The summed E-state index contributed by atoms with van der Waals surface area (Å²) in [4.78, 5) is 38.6. The summed E-state index contributed by atoms with van der Waals surface area (Å²) >= 11 is 7.02. The summed E-state index contributed by atoms with van der Waals surface area (Å²) < 4.78 is 15.7. The van der Waals surface area contributed by atoms with E-state index in [1.165, 1.54) is 37.6 Å². The smallest absolute Gasteiger partial charge is 0.325 e. The topological polar surface area (TPSA) is 82.1 Å². The maximum Gasteiger partial charge on any atom is 0.325 e. The number of esters is 1. The van der Waals surface area contributed by atoms with E-state index < -0.39 is 5.97 Å². The summed E-state index contributed by atoms with van der Waals surface area (Å²) in [5.74, 6) is 0.0678. The summed E-state index contributed by atoms with van der Waals surface area (Å²) in [7, 11) is 4.31. The monoisotopic (exact) mass is 439 g/mol. The fraction of sp³-hybridized carbons (Fsp3) is 0.350. The molecule has 0 fully saturated rings. The van der Waals surface area contributed by atoms with Gasteiger partial charge in [-0.3, -0.25) is 14.4 Å². The number of ketones is 1. The molecule has 0 aliphatic rings. The van der Waals surface area contributed by atoms with E-state index in [2.05, 4.69) is 0 Å². The molecule has 0 aliphatic heterocycles. The van der Waals surface area contributed by atoms with Crippen LogP contribution in [-0.2, 0) is 20.9 Å². The first-order valence-corrected chi connectivity index (χ1v) is 9.90. The van der Waals surface area contributed by atoms with E-state index >= 15 is 0 Å². The number of amides is 1. The summed E-state index contributed by atoms with van der Waals surface area (Å²) in [6.07, 6.45) is -0.0127. The van der Waals surface area contributed by atoms with Crippen molar-refractivity contribution in [2.75, 3.05) is 27.9 Å². The van der Waals surface area contributed by atoms with E-state index in [4.69, 9.17) is 25.8 Å². The third kappa shape index (κ3) is 6.76. The maximum absolute atomic E-state index is 12.7. The van der Waals surface area contributed by atoms with Crippen molar-refractivity contribution in [2.45, 2.75) is 19.4 Å². The lowest BCUT2D eigenvalue weighted by Crippen LogP contribution is -2.35. The molecule has 0 N–H and O–H groups in total. The minimum absolute atomic E-state index is 0.0226. The Bertz CT molecular complexity index is 859. The van der Waals surface area contributed by atoms with Crippen molar-refractivity contribution in [3.8, 4) is 11.5 Å². The number of carbonyl (C=O) groups excluding carboxylic acids is 3. The van der Waals surface area contributed by atoms with Crippen LogP contribution in [0.15, 0.2) is 30.3 Å². The molecule has 7 nitrogen and oxygen atoms in total. The van der Waals surface area contributed by atoms with Crippen LogP contribution in [0.4, 0.5) is 0 Å². The van der Waals surface area contributed by atoms with Gasteiger partial charge in [-0.2, -0.15) is 0 Å². The Morgan fingerprint density at radius 2 is 1.66 bits per heavy atom. The number of benzene rings is 1. The Morgan fingerprint density at radius 3 is 2.17 bits per heavy atom. The third-order valence-electron chi connectivity index (χ3n) is 4.10. The number of halogens is 1. The molecule has 2 aromatic rings. The first-order valence-electron chi connectivity index (χ1n) is 8.71. The van der Waals surface area contributed by atoms with Gasteiger partial charge in [-0.15, -0.1) is 11.3 Å². The Kier molecular flexibility index (Phi) is 8.48. The van der Waals surface area contributed by atoms with E-state index in [0.717, 1.165) is 5.56 Å². The molecule has 1 amide bonds. The lowest BCUT2D eigenvalue weighted by atomic mass is 10.1. The van der Waals surface area contributed by atoms with Crippen LogP contribution in [0.1, 0.15) is 28.1 Å². The van der Waals surface area contributed by atoms with Crippen LogP contribution in [-0.4, -0.2) is 50.4 Å². The van der Waals surface area contributed by atoms with Crippen molar-refractivity contribution < 1.29 is 28.6 Å². The molecule has 0 saturated heterocycles. The van der Waals surface area contributed by atoms with Crippen LogP contribution in [0.3, 0.4) is 0 Å². The summed E-state index contributed by atoms with van der Waals surface area (Å²) in [6.45, 7) is -0.0889. The molecule has 0 unspecified atom stereocenters. The number of hydrogen-bond acceptors (Lipinski definition) is 7. The lowest BCUT2D eigenvalue weighted by Gasteiger charge is -2.22. The molecule has 2 rings (SSSR count). The molecule has 9 heteroatoms. The molecule has 1 heterocycles. The van der Waals surface area contributed by atoms with Crippen molar-refractivity contribution in [1.29, 1.82) is 0 Å². The average molecular weight is 440 g/mol.